The molecule has 1 N–H and O–H groups in total. The van der Waals surface area contributed by atoms with Gasteiger partial charge in [-0.15, -0.1) is 11.8 Å². The molecule has 1 aromatic carbocycles. The van der Waals surface area contributed by atoms with E-state index >= 15 is 0 Å². The normalized spacial score (nSPS) is 21.4. The third-order valence-corrected chi connectivity index (χ3v) is 7.89. The maximum atomic E-state index is 11.8. The van der Waals surface area contributed by atoms with Gasteiger partial charge in [0, 0.05) is 51.3 Å². The minimum atomic E-state index is 0.219. The number of hydrogen-bond acceptors (Lipinski definition) is 7. The Kier molecular flexibility index (Phi) is 5.92. The summed E-state index contributed by atoms with van der Waals surface area (Å²) >= 11 is 1.83. The number of amides is 1. The molecule has 7 nitrogen and oxygen atoms in total. The molecule has 0 aliphatic carbocycles. The zero-order valence-corrected chi connectivity index (χ0v) is 19.2. The van der Waals surface area contributed by atoms with Gasteiger partial charge in [-0.1, -0.05) is 12.1 Å². The van der Waals surface area contributed by atoms with Crippen LogP contribution < -0.4 is 10.2 Å². The van der Waals surface area contributed by atoms with E-state index < -0.39 is 0 Å². The molecular weight excluding hydrogens is 420 g/mol. The topological polar surface area (TPSA) is 85.2 Å². The lowest BCUT2D eigenvalue weighted by Crippen LogP contribution is -2.43. The molecular formula is C24H28N6OS. The first-order chi connectivity index (χ1) is 15.6. The lowest BCUT2D eigenvalue weighted by atomic mass is 9.89. The number of rotatable bonds is 4. The van der Waals surface area contributed by atoms with Crippen LogP contribution in [0, 0.1) is 11.3 Å². The molecule has 1 amide bonds. The van der Waals surface area contributed by atoms with Crippen molar-refractivity contribution in [3.05, 3.63) is 41.1 Å². The maximum absolute atomic E-state index is 11.8. The van der Waals surface area contributed by atoms with Crippen LogP contribution >= 0.6 is 11.8 Å². The van der Waals surface area contributed by atoms with Crippen LogP contribution in [0.25, 0.3) is 0 Å². The van der Waals surface area contributed by atoms with Gasteiger partial charge in [-0.2, -0.15) is 10.2 Å². The zero-order valence-electron chi connectivity index (χ0n) is 18.4. The summed E-state index contributed by atoms with van der Waals surface area (Å²) in [7, 11) is 1.87. The molecule has 166 valence electrons. The standard InChI is InChI=1S/C24H28N6OS/c1-29-15-19(6-7-21(29)31)26-23-22-20(10-13-32-22)27-24(28-23)30-11-8-18(9-12-30)17-4-2-16(14-25)3-5-17/h2-5,18-19H,6-13,15H2,1H3,(H,26,27,28)/t19-/m0/s1. The molecule has 3 aliphatic heterocycles. The van der Waals surface area contributed by atoms with Gasteiger partial charge in [0.25, 0.3) is 0 Å². The van der Waals surface area contributed by atoms with Crippen LogP contribution in [-0.4, -0.2) is 59.3 Å². The average Bonchev–Trinajstić information content (AvgIpc) is 3.31. The number of nitriles is 1. The SMILES string of the molecule is CN1C[C@@H](Nc2nc(N3CCC(c4ccc(C#N)cc4)CC3)nc3c2SCC3)CCC1=O. The van der Waals surface area contributed by atoms with E-state index in [2.05, 4.69) is 28.4 Å². The lowest BCUT2D eigenvalue weighted by Gasteiger charge is -2.33. The van der Waals surface area contributed by atoms with Gasteiger partial charge in [0.15, 0.2) is 0 Å². The molecule has 2 fully saturated rings. The van der Waals surface area contributed by atoms with Gasteiger partial charge in [0.05, 0.1) is 22.2 Å². The number of anilines is 2. The number of fused-ring (bicyclic) bond motifs is 1. The predicted octanol–water partition coefficient (Wildman–Crippen LogP) is 3.41. The highest BCUT2D eigenvalue weighted by atomic mass is 32.2. The van der Waals surface area contributed by atoms with Crippen LogP contribution in [0.5, 0.6) is 0 Å². The van der Waals surface area contributed by atoms with Gasteiger partial charge < -0.3 is 15.1 Å². The summed E-state index contributed by atoms with van der Waals surface area (Å²) in [6.45, 7) is 2.57. The summed E-state index contributed by atoms with van der Waals surface area (Å²) in [5.41, 5.74) is 3.18. The van der Waals surface area contributed by atoms with Crippen LogP contribution in [0.2, 0.25) is 0 Å². The van der Waals surface area contributed by atoms with Gasteiger partial charge in [0.1, 0.15) is 5.82 Å². The number of likely N-dealkylation sites (tertiary alicyclic amines) is 1. The molecule has 32 heavy (non-hydrogen) atoms. The number of aryl methyl sites for hydroxylation is 1. The van der Waals surface area contributed by atoms with Crippen molar-refractivity contribution in [1.29, 1.82) is 5.26 Å². The molecule has 4 heterocycles. The quantitative estimate of drug-likeness (QED) is 0.767. The van der Waals surface area contributed by atoms with Crippen LogP contribution in [0.4, 0.5) is 11.8 Å². The predicted molar refractivity (Wildman–Crippen MR) is 126 cm³/mol. The van der Waals surface area contributed by atoms with E-state index in [1.807, 2.05) is 35.8 Å². The Morgan fingerprint density at radius 1 is 1.12 bits per heavy atom. The molecule has 5 rings (SSSR count). The summed E-state index contributed by atoms with van der Waals surface area (Å²) in [5.74, 6) is 3.54. The Morgan fingerprint density at radius 3 is 2.62 bits per heavy atom. The van der Waals surface area contributed by atoms with Gasteiger partial charge in [-0.3, -0.25) is 4.79 Å². The first kappa shape index (κ1) is 21.1. The number of carbonyl (C=O) groups excluding carboxylic acids is 1. The molecule has 3 aliphatic rings. The van der Waals surface area contributed by atoms with E-state index in [1.54, 1.807) is 0 Å². The second-order valence-corrected chi connectivity index (χ2v) is 10.0. The second-order valence-electron chi connectivity index (χ2n) is 8.90. The summed E-state index contributed by atoms with van der Waals surface area (Å²) in [6.07, 6.45) is 4.52. The van der Waals surface area contributed by atoms with Crippen LogP contribution in [0.15, 0.2) is 29.2 Å². The Bertz CT molecular complexity index is 1040. The molecule has 0 spiro atoms. The number of thioether (sulfide) groups is 1. The fourth-order valence-corrected chi connectivity index (χ4v) is 5.92. The fraction of sp³-hybridized carbons (Fsp3) is 0.500. The Balaban J connectivity index is 1.29. The van der Waals surface area contributed by atoms with Crippen molar-refractivity contribution in [2.75, 3.05) is 42.7 Å². The van der Waals surface area contributed by atoms with E-state index in [4.69, 9.17) is 15.2 Å². The fourth-order valence-electron chi connectivity index (χ4n) is 4.86. The van der Waals surface area contributed by atoms with Gasteiger partial charge in [-0.25, -0.2) is 4.98 Å². The Labute approximate surface area is 193 Å². The van der Waals surface area contributed by atoms with E-state index in [-0.39, 0.29) is 11.9 Å². The van der Waals surface area contributed by atoms with Crippen molar-refractivity contribution >= 4 is 29.4 Å². The number of nitrogens with one attached hydrogen (secondary N) is 1. The number of likely N-dealkylation sites (N-methyl/N-ethyl adjacent to an activating group) is 1. The summed E-state index contributed by atoms with van der Waals surface area (Å²) < 4.78 is 0. The van der Waals surface area contributed by atoms with Crippen molar-refractivity contribution in [2.45, 2.75) is 49.0 Å². The number of aromatic nitrogens is 2. The van der Waals surface area contributed by atoms with Crippen molar-refractivity contribution < 1.29 is 4.79 Å². The van der Waals surface area contributed by atoms with Gasteiger partial charge in [0.2, 0.25) is 11.9 Å². The van der Waals surface area contributed by atoms with E-state index in [0.29, 0.717) is 24.4 Å². The molecule has 0 unspecified atom stereocenters. The van der Waals surface area contributed by atoms with Crippen LogP contribution in [0.1, 0.15) is 48.4 Å². The maximum Gasteiger partial charge on any atom is 0.227 e. The van der Waals surface area contributed by atoms with E-state index in [9.17, 15) is 4.79 Å². The number of carbonyl (C=O) groups is 1. The van der Waals surface area contributed by atoms with Crippen molar-refractivity contribution in [3.8, 4) is 6.07 Å². The third kappa shape index (κ3) is 4.26. The average molecular weight is 449 g/mol. The molecule has 0 radical (unpaired) electrons. The van der Waals surface area contributed by atoms with Crippen LogP contribution in [0.3, 0.4) is 0 Å². The van der Waals surface area contributed by atoms with Crippen LogP contribution in [-0.2, 0) is 11.2 Å². The smallest absolute Gasteiger partial charge is 0.227 e. The number of nitrogens with zero attached hydrogens (tertiary/aromatic N) is 5. The third-order valence-electron chi connectivity index (χ3n) is 6.77. The minimum Gasteiger partial charge on any atom is -0.364 e. The number of hydrogen-bond donors (Lipinski definition) is 1. The summed E-state index contributed by atoms with van der Waals surface area (Å²) in [6, 6.07) is 10.4. The monoisotopic (exact) mass is 448 g/mol. The van der Waals surface area contributed by atoms with Gasteiger partial charge in [-0.05, 0) is 42.9 Å². The van der Waals surface area contributed by atoms with Crippen molar-refractivity contribution in [1.82, 2.24) is 14.9 Å². The molecule has 1 atom stereocenters. The zero-order chi connectivity index (χ0) is 22.1. The molecule has 8 heteroatoms. The van der Waals surface area contributed by atoms with Crippen molar-refractivity contribution in [2.24, 2.45) is 0 Å². The van der Waals surface area contributed by atoms with Crippen molar-refractivity contribution in [3.63, 3.8) is 0 Å². The first-order valence-electron chi connectivity index (χ1n) is 11.4. The highest BCUT2D eigenvalue weighted by Gasteiger charge is 2.28. The first-order valence-corrected chi connectivity index (χ1v) is 12.4. The minimum absolute atomic E-state index is 0.219. The van der Waals surface area contributed by atoms with Gasteiger partial charge >= 0.3 is 0 Å². The molecule has 0 saturated carbocycles. The Morgan fingerprint density at radius 2 is 1.91 bits per heavy atom. The molecule has 2 aromatic rings. The lowest BCUT2D eigenvalue weighted by molar-refractivity contribution is -0.132. The molecule has 0 bridgehead atoms. The Hall–Kier alpha value is -2.79. The summed E-state index contributed by atoms with van der Waals surface area (Å²) in [5, 5.41) is 12.7. The summed E-state index contributed by atoms with van der Waals surface area (Å²) in [4.78, 5) is 27.1. The highest BCUT2D eigenvalue weighted by Crippen LogP contribution is 2.38. The number of benzene rings is 1. The molecule has 2 saturated heterocycles. The second kappa shape index (κ2) is 8.99. The highest BCUT2D eigenvalue weighted by molar-refractivity contribution is 7.99. The van der Waals surface area contributed by atoms with E-state index in [0.717, 1.165) is 62.0 Å². The largest absolute Gasteiger partial charge is 0.364 e. The molecule has 1 aromatic heterocycles. The van der Waals surface area contributed by atoms with E-state index in [1.165, 1.54) is 10.5 Å². The number of piperidine rings is 2.